The highest BCUT2D eigenvalue weighted by atomic mass is 15.0. The molecule has 4 heterocycles. The highest BCUT2D eigenvalue weighted by Gasteiger charge is 2.09. The molecule has 0 aliphatic heterocycles. The molecule has 0 aliphatic carbocycles. The lowest BCUT2D eigenvalue weighted by Gasteiger charge is -2.04. The first-order chi connectivity index (χ1) is 23.7. The smallest absolute Gasteiger partial charge is 0.182 e. The van der Waals surface area contributed by atoms with E-state index in [1.54, 1.807) is 0 Å². The third kappa shape index (κ3) is 5.19. The van der Waals surface area contributed by atoms with Gasteiger partial charge in [-0.25, -0.2) is 34.9 Å². The minimum absolute atomic E-state index is 0.500. The number of aromatic nitrogens is 7. The highest BCUT2D eigenvalue weighted by molar-refractivity contribution is 5.95. The highest BCUT2D eigenvalue weighted by Crippen LogP contribution is 2.25. The average Bonchev–Trinajstić information content (AvgIpc) is 3.18. The van der Waals surface area contributed by atoms with Crippen molar-refractivity contribution in [1.29, 1.82) is 0 Å². The first-order valence-corrected chi connectivity index (χ1v) is 15.7. The molecule has 12 bridgehead atoms. The molecule has 0 atom stereocenters. The van der Waals surface area contributed by atoms with Crippen molar-refractivity contribution in [1.82, 2.24) is 34.9 Å². The maximum atomic E-state index is 5.06. The summed E-state index contributed by atoms with van der Waals surface area (Å²) in [7, 11) is 0. The quantitative estimate of drug-likeness (QED) is 0.191. The summed E-state index contributed by atoms with van der Waals surface area (Å²) in [4.78, 5) is 34.8. The number of benzene rings is 5. The minimum atomic E-state index is 0.500. The van der Waals surface area contributed by atoms with Crippen molar-refractivity contribution in [2.75, 3.05) is 0 Å². The summed E-state index contributed by atoms with van der Waals surface area (Å²) in [6.45, 7) is 0. The summed E-state index contributed by atoms with van der Waals surface area (Å²) < 4.78 is 0. The fourth-order valence-corrected chi connectivity index (χ4v) is 5.90. The zero-order valence-corrected chi connectivity index (χ0v) is 25.6. The number of pyridine rings is 1. The molecular weight excluding hydrogens is 591 g/mol. The first kappa shape index (κ1) is 27.6. The number of fused-ring (bicyclic) bond motifs is 18. The average molecular weight is 616 g/mol. The number of rotatable bonds is 2. The summed E-state index contributed by atoms with van der Waals surface area (Å²) in [6, 6.07) is 50.6. The molecule has 0 unspecified atom stereocenters. The molecule has 0 fully saturated rings. The molecule has 5 aromatic carbocycles. The maximum absolute atomic E-state index is 5.06. The van der Waals surface area contributed by atoms with E-state index in [-0.39, 0.29) is 0 Å². The lowest BCUT2D eigenvalue weighted by atomic mass is 10.1. The second-order valence-corrected chi connectivity index (χ2v) is 11.5. The van der Waals surface area contributed by atoms with Gasteiger partial charge in [0.2, 0.25) is 0 Å². The molecule has 0 saturated heterocycles. The predicted octanol–water partition coefficient (Wildman–Crippen LogP) is 9.39. The van der Waals surface area contributed by atoms with Gasteiger partial charge in [-0.2, -0.15) is 0 Å². The van der Waals surface area contributed by atoms with E-state index in [1.807, 2.05) is 121 Å². The van der Waals surface area contributed by atoms with Gasteiger partial charge in [0, 0.05) is 32.7 Å². The van der Waals surface area contributed by atoms with Gasteiger partial charge in [0.15, 0.2) is 34.2 Å². The van der Waals surface area contributed by atoms with Crippen LogP contribution in [0.5, 0.6) is 0 Å². The molecule has 224 valence electrons. The molecule has 9 aromatic rings. The summed E-state index contributed by atoms with van der Waals surface area (Å²) >= 11 is 0. The molecule has 9 rings (SSSR count). The van der Waals surface area contributed by atoms with Gasteiger partial charge in [0.05, 0.1) is 5.52 Å². The van der Waals surface area contributed by atoms with Crippen LogP contribution < -0.4 is 0 Å². The van der Waals surface area contributed by atoms with Crippen LogP contribution in [0.15, 0.2) is 152 Å². The van der Waals surface area contributed by atoms with Crippen LogP contribution in [-0.4, -0.2) is 34.9 Å². The van der Waals surface area contributed by atoms with E-state index < -0.39 is 0 Å². The fourth-order valence-electron chi connectivity index (χ4n) is 5.90. The zero-order chi connectivity index (χ0) is 31.9. The van der Waals surface area contributed by atoms with Gasteiger partial charge < -0.3 is 0 Å². The standard InChI is InChI=1S/C41H25N7/c1-3-11-26(12-4-1)36-43-38-31-18-7-15-28(23-31)29-16-8-19-32(24-29)40-45-37(27-13-5-2-6-14-27)47-41(48-40)35-22-10-21-34(42-35)30-17-9-20-33(25-30)39(44-36)46-38/h1-25H. The lowest BCUT2D eigenvalue weighted by Crippen LogP contribution is -1.95. The largest absolute Gasteiger partial charge is 0.244 e. The van der Waals surface area contributed by atoms with Crippen molar-refractivity contribution < 1.29 is 0 Å². The van der Waals surface area contributed by atoms with Crippen LogP contribution in [-0.2, 0) is 0 Å². The van der Waals surface area contributed by atoms with Gasteiger partial charge in [-0.1, -0.05) is 121 Å². The molecule has 4 aromatic heterocycles. The van der Waals surface area contributed by atoms with Gasteiger partial charge in [-0.15, -0.1) is 0 Å². The Morgan fingerprint density at radius 1 is 0.250 bits per heavy atom. The van der Waals surface area contributed by atoms with E-state index in [2.05, 4.69) is 30.3 Å². The second-order valence-electron chi connectivity index (χ2n) is 11.5. The topological polar surface area (TPSA) is 90.2 Å². The van der Waals surface area contributed by atoms with Crippen molar-refractivity contribution >= 4 is 65.9 Å². The van der Waals surface area contributed by atoms with Crippen LogP contribution in [0.25, 0.3) is 88.7 Å². The van der Waals surface area contributed by atoms with Crippen molar-refractivity contribution in [3.05, 3.63) is 152 Å². The number of hydrogen-bond acceptors (Lipinski definition) is 7. The Morgan fingerprint density at radius 2 is 0.646 bits per heavy atom. The number of hydrogen-bond donors (Lipinski definition) is 0. The third-order valence-electron chi connectivity index (χ3n) is 8.30. The summed E-state index contributed by atoms with van der Waals surface area (Å²) in [6.07, 6.45) is 0. The zero-order valence-electron chi connectivity index (χ0n) is 25.6. The van der Waals surface area contributed by atoms with Crippen LogP contribution in [0.3, 0.4) is 0 Å². The molecule has 0 saturated carbocycles. The minimum Gasteiger partial charge on any atom is -0.244 e. The SMILES string of the molecule is c1ccc(-c2nc3nc(n2)c2cccc(c2)c2cccc(n2)c2nc(-c4ccccc4)nc(n2)c2cccc(c2)c2cccc3c2)cc1. The second kappa shape index (κ2) is 11.6. The van der Waals surface area contributed by atoms with E-state index in [0.29, 0.717) is 39.8 Å². The van der Waals surface area contributed by atoms with Gasteiger partial charge in [0.25, 0.3) is 0 Å². The Bertz CT molecular complexity index is 2440. The molecule has 0 radical (unpaired) electrons. The van der Waals surface area contributed by atoms with Crippen molar-refractivity contribution in [2.45, 2.75) is 0 Å². The van der Waals surface area contributed by atoms with E-state index in [1.165, 1.54) is 0 Å². The molecule has 0 spiro atoms. The molecule has 0 aliphatic rings. The van der Waals surface area contributed by atoms with Gasteiger partial charge in [-0.3, -0.25) is 0 Å². The van der Waals surface area contributed by atoms with Crippen molar-refractivity contribution in [3.63, 3.8) is 0 Å². The normalized spacial score (nSPS) is 11.3. The predicted molar refractivity (Wildman–Crippen MR) is 193 cm³/mol. The first-order valence-electron chi connectivity index (χ1n) is 15.7. The maximum Gasteiger partial charge on any atom is 0.182 e. The molecular formula is C41H25N7. The third-order valence-corrected chi connectivity index (χ3v) is 8.30. The monoisotopic (exact) mass is 615 g/mol. The van der Waals surface area contributed by atoms with Crippen LogP contribution in [0.2, 0.25) is 0 Å². The van der Waals surface area contributed by atoms with Crippen molar-refractivity contribution in [2.24, 2.45) is 0 Å². The Balaban J connectivity index is 1.47. The van der Waals surface area contributed by atoms with Crippen LogP contribution in [0.4, 0.5) is 0 Å². The molecule has 48 heavy (non-hydrogen) atoms. The number of nitrogens with zero attached hydrogens (tertiary/aromatic N) is 7. The lowest BCUT2D eigenvalue weighted by molar-refractivity contribution is 1.18. The Labute approximate surface area is 274 Å². The van der Waals surface area contributed by atoms with Crippen LogP contribution in [0, 0.1) is 0 Å². The molecule has 0 N–H and O–H groups in total. The van der Waals surface area contributed by atoms with E-state index >= 15 is 0 Å². The van der Waals surface area contributed by atoms with Gasteiger partial charge in [-0.05, 0) is 41.1 Å². The van der Waals surface area contributed by atoms with Crippen LogP contribution >= 0.6 is 0 Å². The molecule has 7 heteroatoms. The summed E-state index contributed by atoms with van der Waals surface area (Å²) in [5.41, 5.74) is 5.51. The summed E-state index contributed by atoms with van der Waals surface area (Å²) in [5.74, 6) is 1.20. The Hall–Kier alpha value is -6.73. The van der Waals surface area contributed by atoms with Crippen LogP contribution in [0.1, 0.15) is 0 Å². The van der Waals surface area contributed by atoms with E-state index in [4.69, 9.17) is 34.9 Å². The summed E-state index contributed by atoms with van der Waals surface area (Å²) in [5, 5.41) is 5.58. The van der Waals surface area contributed by atoms with E-state index in [0.717, 1.165) is 49.0 Å². The van der Waals surface area contributed by atoms with Crippen molar-refractivity contribution in [3.8, 4) is 22.8 Å². The Morgan fingerprint density at radius 3 is 1.19 bits per heavy atom. The fraction of sp³-hybridized carbons (Fsp3) is 0. The van der Waals surface area contributed by atoms with Gasteiger partial charge >= 0.3 is 0 Å². The Kier molecular flexibility index (Phi) is 6.64. The molecule has 7 nitrogen and oxygen atoms in total. The molecule has 0 amide bonds. The van der Waals surface area contributed by atoms with E-state index in [9.17, 15) is 0 Å². The van der Waals surface area contributed by atoms with Gasteiger partial charge in [0.1, 0.15) is 5.52 Å².